The van der Waals surface area contributed by atoms with Crippen LogP contribution in [0.5, 0.6) is 0 Å². The molecule has 8 heteroatoms. The summed E-state index contributed by atoms with van der Waals surface area (Å²) in [6.45, 7) is 8.53. The van der Waals surface area contributed by atoms with E-state index in [2.05, 4.69) is 45.0 Å². The zero-order valence-corrected chi connectivity index (χ0v) is 20.8. The van der Waals surface area contributed by atoms with Gasteiger partial charge in [-0.1, -0.05) is 35.3 Å². The van der Waals surface area contributed by atoms with Crippen LogP contribution in [0.4, 0.5) is 13.2 Å². The van der Waals surface area contributed by atoms with Crippen LogP contribution in [0.3, 0.4) is 0 Å². The van der Waals surface area contributed by atoms with Gasteiger partial charge in [0.05, 0.1) is 37.2 Å². The summed E-state index contributed by atoms with van der Waals surface area (Å²) in [5.74, 6) is -3.32. The molecule has 3 nitrogen and oxygen atoms in total. The Balaban J connectivity index is 1.63. The van der Waals surface area contributed by atoms with E-state index >= 15 is 8.78 Å². The molecule has 1 fully saturated rings. The van der Waals surface area contributed by atoms with Crippen LogP contribution >= 0.6 is 23.2 Å². The number of carbonyl (C=O) groups excluding carboxylic acids is 1. The van der Waals surface area contributed by atoms with Gasteiger partial charge in [-0.3, -0.25) is 4.90 Å². The Bertz CT molecular complexity index is 1480. The van der Waals surface area contributed by atoms with Crippen molar-refractivity contribution >= 4 is 40.3 Å². The standard InChI is InChI=1S/C31H8Cl2F3NO2/c32-22-6-8-24(27(33)15-22)25-4-1-3-19-12-20(31(38)39)5-7-23(19)30(25)21-13-28(35)26(29(36)14-21)11-18-16-37(17-18)10-2-9-34/h5-8,12-15H. The summed E-state index contributed by atoms with van der Waals surface area (Å²) in [5, 5.41) is 12.1. The van der Waals surface area contributed by atoms with Crippen molar-refractivity contribution in [2.75, 3.05) is 0 Å². The van der Waals surface area contributed by atoms with Gasteiger partial charge in [0.25, 0.3) is 0 Å². The van der Waals surface area contributed by atoms with Crippen molar-refractivity contribution in [3.63, 3.8) is 0 Å². The van der Waals surface area contributed by atoms with Crippen LogP contribution < -0.4 is 0 Å². The fraction of sp³-hybridized carbons (Fsp3) is 0. The van der Waals surface area contributed by atoms with Crippen LogP contribution in [0.25, 0.3) is 11.1 Å². The molecule has 18 radical (unpaired) electrons. The first-order valence-corrected chi connectivity index (χ1v) is 11.7. The first-order chi connectivity index (χ1) is 18.7. The van der Waals surface area contributed by atoms with Gasteiger partial charge in [0.1, 0.15) is 11.6 Å². The Morgan fingerprint density at radius 3 is 2.31 bits per heavy atom. The maximum absolute atomic E-state index is 15.3. The second-order valence-electron chi connectivity index (χ2n) is 8.00. The van der Waals surface area contributed by atoms with E-state index in [4.69, 9.17) is 23.2 Å². The molecule has 0 amide bonds. The third kappa shape index (κ3) is 5.79. The Hall–Kier alpha value is -3.06. The predicted octanol–water partition coefficient (Wildman–Crippen LogP) is 7.01. The van der Waals surface area contributed by atoms with Gasteiger partial charge >= 0.3 is 5.97 Å². The summed E-state index contributed by atoms with van der Waals surface area (Å²) in [5.41, 5.74) is 1.30. The fourth-order valence-electron chi connectivity index (χ4n) is 3.92. The number of fused-ring (bicyclic) bond motifs is 1. The molecule has 0 saturated carbocycles. The van der Waals surface area contributed by atoms with E-state index < -0.39 is 23.2 Å². The summed E-state index contributed by atoms with van der Waals surface area (Å²) in [7, 11) is 0. The molecule has 1 heterocycles. The first-order valence-electron chi connectivity index (χ1n) is 10.9. The molecule has 1 aliphatic heterocycles. The molecule has 0 aromatic heterocycles. The summed E-state index contributed by atoms with van der Waals surface area (Å²) in [4.78, 5) is 12.5. The third-order valence-corrected chi connectivity index (χ3v) is 6.15. The normalized spacial score (nSPS) is 15.6. The summed E-state index contributed by atoms with van der Waals surface area (Å²) < 4.78 is 42.6. The maximum atomic E-state index is 15.3. The van der Waals surface area contributed by atoms with Crippen molar-refractivity contribution in [2.45, 2.75) is 0 Å². The van der Waals surface area contributed by atoms with E-state index in [1.807, 2.05) is 6.42 Å². The van der Waals surface area contributed by atoms with Crippen LogP contribution in [-0.4, -0.2) is 10.9 Å². The van der Waals surface area contributed by atoms with Gasteiger partial charge in [-0.2, -0.15) is 0 Å². The highest BCUT2D eigenvalue weighted by Crippen LogP contribution is 2.43. The van der Waals surface area contributed by atoms with E-state index in [9.17, 15) is 14.3 Å². The lowest BCUT2D eigenvalue weighted by molar-refractivity contribution is 0.0573. The number of nitrogens with zero attached hydrogens (tertiary/aromatic N) is 1. The van der Waals surface area contributed by atoms with Gasteiger partial charge in [0.2, 0.25) is 0 Å². The van der Waals surface area contributed by atoms with E-state index in [-0.39, 0.29) is 32.9 Å². The highest BCUT2D eigenvalue weighted by molar-refractivity contribution is 6.36. The zero-order valence-electron chi connectivity index (χ0n) is 19.3. The number of allylic oxidation sites excluding steroid dienone is 1. The number of rotatable bonds is 7. The molecular formula is C31H8Cl2F3NO2. The fourth-order valence-corrected chi connectivity index (χ4v) is 4.42. The molecule has 0 spiro atoms. The molecule has 5 rings (SSSR count). The number of halogens is 5. The zero-order chi connectivity index (χ0) is 27.7. The van der Waals surface area contributed by atoms with E-state index in [1.54, 1.807) is 12.1 Å². The van der Waals surface area contributed by atoms with Gasteiger partial charge in [-0.05, 0) is 81.4 Å². The van der Waals surface area contributed by atoms with Crippen molar-refractivity contribution in [1.29, 1.82) is 0 Å². The van der Waals surface area contributed by atoms with Crippen LogP contribution in [0.15, 0.2) is 54.1 Å². The van der Waals surface area contributed by atoms with Gasteiger partial charge in [-0.25, -0.2) is 23.1 Å². The number of likely N-dealkylation sites (tertiary alicyclic amines) is 1. The van der Waals surface area contributed by atoms with Gasteiger partial charge in [0, 0.05) is 29.3 Å². The average Bonchev–Trinajstić information content (AvgIpc) is 3.05. The lowest BCUT2D eigenvalue weighted by atomic mass is 9.86. The van der Waals surface area contributed by atoms with Gasteiger partial charge in [-0.15, -0.1) is 0 Å². The molecule has 0 atom stereocenters. The summed E-state index contributed by atoms with van der Waals surface area (Å²) >= 11 is 12.5. The first kappa shape index (κ1) is 27.5. The highest BCUT2D eigenvalue weighted by Gasteiger charge is 2.28. The van der Waals surface area contributed by atoms with Crippen LogP contribution in [-0.2, 0) is 5.11 Å². The lowest BCUT2D eigenvalue weighted by Gasteiger charge is -2.28. The monoisotopic (exact) mass is 553 g/mol. The van der Waals surface area contributed by atoms with Crippen molar-refractivity contribution in [3.05, 3.63) is 167 Å². The van der Waals surface area contributed by atoms with Crippen molar-refractivity contribution in [3.8, 4) is 0 Å². The quantitative estimate of drug-likeness (QED) is 0.316. The molecule has 0 N–H and O–H groups in total. The van der Waals surface area contributed by atoms with Gasteiger partial charge < -0.3 is 0 Å². The molecule has 3 aromatic rings. The van der Waals surface area contributed by atoms with Crippen molar-refractivity contribution in [2.24, 2.45) is 0 Å². The van der Waals surface area contributed by atoms with Crippen molar-refractivity contribution < 1.29 is 23.1 Å². The van der Waals surface area contributed by atoms with E-state index in [0.717, 1.165) is 23.7 Å². The SMILES string of the molecule is [O]C(=O)c1ccc2c(c1)[C][C][C]C(c1ccc(Cl)cc1Cl)=C2c1cc(F)c([C]=C2[C]N([C][C][C]F)[C]2)c(F)c1. The lowest BCUT2D eigenvalue weighted by Crippen LogP contribution is -2.27. The van der Waals surface area contributed by atoms with Crippen molar-refractivity contribution in [1.82, 2.24) is 4.90 Å². The molecule has 39 heavy (non-hydrogen) atoms. The number of benzene rings is 3. The van der Waals surface area contributed by atoms with Crippen LogP contribution in [0.1, 0.15) is 38.2 Å². The summed E-state index contributed by atoms with van der Waals surface area (Å²) in [6, 6.07) is 11.0. The molecule has 184 valence electrons. The predicted molar refractivity (Wildman–Crippen MR) is 134 cm³/mol. The second-order valence-corrected chi connectivity index (χ2v) is 8.85. The molecule has 1 saturated heterocycles. The smallest absolute Gasteiger partial charge is 0.265 e. The minimum atomic E-state index is -1.41. The van der Waals surface area contributed by atoms with Gasteiger partial charge in [0.15, 0.2) is 6.67 Å². The minimum Gasteiger partial charge on any atom is -0.265 e. The Morgan fingerprint density at radius 1 is 0.923 bits per heavy atom. The number of hydrogen-bond acceptors (Lipinski definition) is 2. The molecular weight excluding hydrogens is 546 g/mol. The Kier molecular flexibility index (Phi) is 8.17. The third-order valence-electron chi connectivity index (χ3n) is 5.60. The number of hydrogen-bond donors (Lipinski definition) is 0. The molecule has 0 unspecified atom stereocenters. The maximum Gasteiger partial charge on any atom is 0.386 e. The molecule has 0 bridgehead atoms. The van der Waals surface area contributed by atoms with Crippen LogP contribution in [0.2, 0.25) is 10.0 Å². The van der Waals surface area contributed by atoms with Crippen LogP contribution in [0, 0.1) is 69.7 Å². The number of carbonyl (C=O) groups is 1. The Labute approximate surface area is 235 Å². The average molecular weight is 554 g/mol. The largest absolute Gasteiger partial charge is 0.386 e. The molecule has 2 aliphatic rings. The van der Waals surface area contributed by atoms with E-state index in [1.165, 1.54) is 24.3 Å². The Morgan fingerprint density at radius 2 is 1.64 bits per heavy atom. The molecule has 1 aliphatic carbocycles. The molecule has 3 aromatic carbocycles. The van der Waals surface area contributed by atoms with E-state index in [0.29, 0.717) is 21.7 Å². The minimum absolute atomic E-state index is 0.0891. The second kappa shape index (κ2) is 11.6. The highest BCUT2D eigenvalue weighted by atomic mass is 35.5. The summed E-state index contributed by atoms with van der Waals surface area (Å²) in [6.07, 6.45) is 12.9. The topological polar surface area (TPSA) is 40.2 Å².